The zero-order valence-electron chi connectivity index (χ0n) is 15.8. The number of hydrogen-bond donors (Lipinski definition) is 0. The Labute approximate surface area is 156 Å². The summed E-state index contributed by atoms with van der Waals surface area (Å²) in [7, 11) is 0. The van der Waals surface area contributed by atoms with E-state index in [0.717, 1.165) is 32.8 Å². The topological polar surface area (TPSA) is 25.4 Å². The third kappa shape index (κ3) is 4.69. The minimum atomic E-state index is 0.296. The molecule has 1 aliphatic rings. The summed E-state index contributed by atoms with van der Waals surface area (Å²) in [5.41, 5.74) is 4.21. The predicted octanol–water partition coefficient (Wildman–Crippen LogP) is 4.62. The van der Waals surface area contributed by atoms with E-state index in [1.807, 2.05) is 17.5 Å². The van der Waals surface area contributed by atoms with Crippen LogP contribution < -0.4 is 0 Å². The molecule has 1 aliphatic heterocycles. The van der Waals surface area contributed by atoms with Gasteiger partial charge in [-0.2, -0.15) is 0 Å². The first-order valence-corrected chi connectivity index (χ1v) is 10.2. The molecule has 1 atom stereocenters. The minimum absolute atomic E-state index is 0.296. The van der Waals surface area contributed by atoms with E-state index >= 15 is 0 Å². The number of hydrogen-bond acceptors (Lipinski definition) is 4. The van der Waals surface area contributed by atoms with Gasteiger partial charge < -0.3 is 4.74 Å². The van der Waals surface area contributed by atoms with Crippen LogP contribution in [-0.2, 0) is 17.7 Å². The van der Waals surface area contributed by atoms with Crippen LogP contribution in [0.2, 0.25) is 0 Å². The Morgan fingerprint density at radius 3 is 2.92 bits per heavy atom. The lowest BCUT2D eigenvalue weighted by atomic mass is 9.83. The smallest absolute Gasteiger partial charge is 0.0535 e. The van der Waals surface area contributed by atoms with Gasteiger partial charge in [0.1, 0.15) is 0 Å². The lowest BCUT2D eigenvalue weighted by Gasteiger charge is -2.29. The number of nitrogens with zero attached hydrogens (tertiary/aromatic N) is 2. The maximum atomic E-state index is 5.90. The molecule has 3 heterocycles. The molecule has 0 spiro atoms. The van der Waals surface area contributed by atoms with Gasteiger partial charge in [-0.1, -0.05) is 6.07 Å². The highest BCUT2D eigenvalue weighted by molar-refractivity contribution is 7.09. The molecule has 0 saturated carbocycles. The molecule has 0 aliphatic carbocycles. The summed E-state index contributed by atoms with van der Waals surface area (Å²) in [6.45, 7) is 11.4. The molecule has 2 aromatic rings. The third-order valence-electron chi connectivity index (χ3n) is 5.50. The van der Waals surface area contributed by atoms with E-state index in [9.17, 15) is 0 Å². The van der Waals surface area contributed by atoms with Gasteiger partial charge in [-0.15, -0.1) is 11.3 Å². The van der Waals surface area contributed by atoms with Crippen LogP contribution in [0.15, 0.2) is 29.8 Å². The molecule has 136 valence electrons. The normalized spacial score (nSPS) is 21.1. The standard InChI is InChI=1S/C21H30N2OS/c1-4-24-16-21(9-7-19-6-5-13-25-19)10-12-23(15-21)14-20-17(2)8-11-22-18(20)3/h5-6,8,11,13H,4,7,9-10,12,14-16H2,1-3H3. The Hall–Kier alpha value is -1.23. The molecule has 0 N–H and O–H groups in total. The Bertz CT molecular complexity index is 650. The van der Waals surface area contributed by atoms with Gasteiger partial charge in [-0.25, -0.2) is 0 Å². The molecule has 25 heavy (non-hydrogen) atoms. The molecule has 0 bridgehead atoms. The van der Waals surface area contributed by atoms with Crippen LogP contribution in [0.4, 0.5) is 0 Å². The summed E-state index contributed by atoms with van der Waals surface area (Å²) < 4.78 is 5.90. The fourth-order valence-electron chi connectivity index (χ4n) is 3.91. The van der Waals surface area contributed by atoms with Gasteiger partial charge in [0.2, 0.25) is 0 Å². The highest BCUT2D eigenvalue weighted by Crippen LogP contribution is 2.37. The summed E-state index contributed by atoms with van der Waals surface area (Å²) in [5.74, 6) is 0. The number of pyridine rings is 1. The van der Waals surface area contributed by atoms with Gasteiger partial charge in [0, 0.05) is 41.9 Å². The Morgan fingerprint density at radius 1 is 1.32 bits per heavy atom. The first-order valence-electron chi connectivity index (χ1n) is 9.35. The highest BCUT2D eigenvalue weighted by atomic mass is 32.1. The first-order chi connectivity index (χ1) is 12.1. The summed E-state index contributed by atoms with van der Waals surface area (Å²) in [5, 5.41) is 2.18. The van der Waals surface area contributed by atoms with Gasteiger partial charge in [-0.3, -0.25) is 9.88 Å². The van der Waals surface area contributed by atoms with Crippen molar-refractivity contribution in [1.82, 2.24) is 9.88 Å². The molecule has 0 radical (unpaired) electrons. The summed E-state index contributed by atoms with van der Waals surface area (Å²) in [4.78, 5) is 8.58. The molecule has 1 unspecified atom stereocenters. The molecule has 1 fully saturated rings. The molecule has 3 nitrogen and oxygen atoms in total. The summed E-state index contributed by atoms with van der Waals surface area (Å²) >= 11 is 1.87. The second-order valence-electron chi connectivity index (χ2n) is 7.37. The van der Waals surface area contributed by atoms with Crippen molar-refractivity contribution in [2.24, 2.45) is 5.41 Å². The highest BCUT2D eigenvalue weighted by Gasteiger charge is 2.38. The van der Waals surface area contributed by atoms with Gasteiger partial charge >= 0.3 is 0 Å². The number of thiophene rings is 1. The fourth-order valence-corrected chi connectivity index (χ4v) is 4.61. The number of ether oxygens (including phenoxy) is 1. The van der Waals surface area contributed by atoms with Crippen molar-refractivity contribution in [3.63, 3.8) is 0 Å². The van der Waals surface area contributed by atoms with E-state index in [4.69, 9.17) is 4.74 Å². The molecule has 0 aromatic carbocycles. The van der Waals surface area contributed by atoms with Gasteiger partial charge in [-0.05, 0) is 75.2 Å². The fraction of sp³-hybridized carbons (Fsp3) is 0.571. The van der Waals surface area contributed by atoms with Crippen LogP contribution in [0.3, 0.4) is 0 Å². The number of aryl methyl sites for hydroxylation is 3. The third-order valence-corrected chi connectivity index (χ3v) is 6.43. The largest absolute Gasteiger partial charge is 0.381 e. The number of aromatic nitrogens is 1. The average Bonchev–Trinajstić information content (AvgIpc) is 3.25. The van der Waals surface area contributed by atoms with Gasteiger partial charge in [0.15, 0.2) is 0 Å². The zero-order chi connectivity index (χ0) is 17.7. The lowest BCUT2D eigenvalue weighted by molar-refractivity contribution is 0.0490. The molecule has 4 heteroatoms. The molecule has 0 amide bonds. The number of likely N-dealkylation sites (tertiary alicyclic amines) is 1. The average molecular weight is 359 g/mol. The van der Waals surface area contributed by atoms with Crippen molar-refractivity contribution < 1.29 is 4.74 Å². The molecular weight excluding hydrogens is 328 g/mol. The Balaban J connectivity index is 1.66. The van der Waals surface area contributed by atoms with E-state index in [1.165, 1.54) is 41.0 Å². The van der Waals surface area contributed by atoms with Gasteiger partial charge in [0.25, 0.3) is 0 Å². The van der Waals surface area contributed by atoms with Crippen LogP contribution in [0.5, 0.6) is 0 Å². The van der Waals surface area contributed by atoms with Gasteiger partial charge in [0.05, 0.1) is 6.61 Å². The van der Waals surface area contributed by atoms with Crippen LogP contribution >= 0.6 is 11.3 Å². The maximum absolute atomic E-state index is 5.90. The second kappa shape index (κ2) is 8.43. The lowest BCUT2D eigenvalue weighted by Crippen LogP contribution is -2.32. The van der Waals surface area contributed by atoms with Crippen LogP contribution in [0.1, 0.15) is 41.5 Å². The van der Waals surface area contributed by atoms with E-state index in [0.29, 0.717) is 5.41 Å². The van der Waals surface area contributed by atoms with E-state index in [-0.39, 0.29) is 0 Å². The molecule has 1 saturated heterocycles. The molecule has 3 rings (SSSR count). The van der Waals surface area contributed by atoms with E-state index in [1.54, 1.807) is 0 Å². The van der Waals surface area contributed by atoms with Crippen LogP contribution in [0.25, 0.3) is 0 Å². The SMILES string of the molecule is CCOCC1(CCc2cccs2)CCN(Cc2c(C)ccnc2C)C1. The number of rotatable bonds is 8. The van der Waals surface area contributed by atoms with Crippen molar-refractivity contribution in [3.8, 4) is 0 Å². The van der Waals surface area contributed by atoms with Crippen molar-refractivity contribution in [2.75, 3.05) is 26.3 Å². The quantitative estimate of drug-likeness (QED) is 0.688. The molecular formula is C21H30N2OS. The predicted molar refractivity (Wildman–Crippen MR) is 105 cm³/mol. The van der Waals surface area contributed by atoms with Crippen molar-refractivity contribution >= 4 is 11.3 Å². The first kappa shape index (κ1) is 18.6. The Morgan fingerprint density at radius 2 is 2.20 bits per heavy atom. The Kier molecular flexibility index (Phi) is 6.26. The van der Waals surface area contributed by atoms with Crippen LogP contribution in [-0.4, -0.2) is 36.2 Å². The van der Waals surface area contributed by atoms with E-state index in [2.05, 4.69) is 54.2 Å². The van der Waals surface area contributed by atoms with Crippen molar-refractivity contribution in [3.05, 3.63) is 51.5 Å². The molecule has 2 aromatic heterocycles. The zero-order valence-corrected chi connectivity index (χ0v) is 16.6. The van der Waals surface area contributed by atoms with Crippen molar-refractivity contribution in [1.29, 1.82) is 0 Å². The second-order valence-corrected chi connectivity index (χ2v) is 8.40. The van der Waals surface area contributed by atoms with E-state index < -0.39 is 0 Å². The summed E-state index contributed by atoms with van der Waals surface area (Å²) in [6.07, 6.45) is 5.54. The minimum Gasteiger partial charge on any atom is -0.381 e. The maximum Gasteiger partial charge on any atom is 0.0535 e. The summed E-state index contributed by atoms with van der Waals surface area (Å²) in [6, 6.07) is 6.54. The monoisotopic (exact) mass is 358 g/mol. The van der Waals surface area contributed by atoms with Crippen molar-refractivity contribution in [2.45, 2.75) is 46.6 Å². The van der Waals surface area contributed by atoms with Crippen LogP contribution in [0, 0.1) is 19.3 Å².